The summed E-state index contributed by atoms with van der Waals surface area (Å²) in [6.07, 6.45) is 1.77. The Morgan fingerprint density at radius 3 is 2.59 bits per heavy atom. The van der Waals surface area contributed by atoms with Crippen molar-refractivity contribution >= 4 is 5.97 Å². The molecule has 1 heterocycles. The van der Waals surface area contributed by atoms with Crippen LogP contribution in [0.2, 0.25) is 0 Å². The van der Waals surface area contributed by atoms with Crippen molar-refractivity contribution in [2.24, 2.45) is 11.8 Å². The summed E-state index contributed by atoms with van der Waals surface area (Å²) in [5.41, 5.74) is 0.587. The minimum Gasteiger partial charge on any atom is -0.460 e. The lowest BCUT2D eigenvalue weighted by Crippen LogP contribution is -2.25. The second kappa shape index (κ2) is 4.13. The van der Waals surface area contributed by atoms with Gasteiger partial charge in [-0.1, -0.05) is 13.0 Å². The van der Waals surface area contributed by atoms with Crippen LogP contribution in [0.1, 0.15) is 39.3 Å². The zero-order chi connectivity index (χ0) is 12.6. The Hall–Kier alpha value is -1.38. The minimum absolute atomic E-state index is 0.0240. The van der Waals surface area contributed by atoms with Gasteiger partial charge in [0.15, 0.2) is 0 Å². The second-order valence-electron chi connectivity index (χ2n) is 5.70. The Morgan fingerprint density at radius 2 is 2.06 bits per heavy atom. The molecule has 0 N–H and O–H groups in total. The molecule has 1 saturated carbocycles. The average Bonchev–Trinajstić information content (AvgIpc) is 2.89. The molecule has 3 heteroatoms. The maximum atomic E-state index is 12.0. The lowest BCUT2D eigenvalue weighted by Gasteiger charge is -2.19. The van der Waals surface area contributed by atoms with Crippen molar-refractivity contribution in [2.45, 2.75) is 39.2 Å². The summed E-state index contributed by atoms with van der Waals surface area (Å²) in [6.45, 7) is 7.77. The zero-order valence-electron chi connectivity index (χ0n) is 10.8. The Morgan fingerprint density at radius 1 is 1.35 bits per heavy atom. The first kappa shape index (κ1) is 12.1. The van der Waals surface area contributed by atoms with Gasteiger partial charge in [-0.3, -0.25) is 9.78 Å². The number of carbonyl (C=O) groups excluding carboxylic acids is 1. The summed E-state index contributed by atoms with van der Waals surface area (Å²) in [6, 6.07) is 5.82. The molecule has 1 aliphatic carbocycles. The molecule has 17 heavy (non-hydrogen) atoms. The molecule has 1 aliphatic rings. The number of rotatable bonds is 2. The monoisotopic (exact) mass is 233 g/mol. The first-order valence-electron chi connectivity index (χ1n) is 6.04. The third-order valence-electron chi connectivity index (χ3n) is 3.09. The summed E-state index contributed by atoms with van der Waals surface area (Å²) >= 11 is 0. The maximum Gasteiger partial charge on any atom is 0.310 e. The first-order valence-corrected chi connectivity index (χ1v) is 6.04. The minimum atomic E-state index is -0.409. The van der Waals surface area contributed by atoms with Gasteiger partial charge in [0.1, 0.15) is 5.60 Å². The molecule has 2 rings (SSSR count). The lowest BCUT2D eigenvalue weighted by molar-refractivity contribution is -0.156. The fourth-order valence-corrected chi connectivity index (χ4v) is 2.22. The number of carbonyl (C=O) groups is 1. The van der Waals surface area contributed by atoms with Crippen LogP contribution in [0.4, 0.5) is 0 Å². The van der Waals surface area contributed by atoms with Gasteiger partial charge in [0.25, 0.3) is 0 Å². The normalized spacial score (nSPS) is 27.6. The second-order valence-corrected chi connectivity index (χ2v) is 5.70. The van der Waals surface area contributed by atoms with Gasteiger partial charge >= 0.3 is 5.97 Å². The molecule has 1 fully saturated rings. The van der Waals surface area contributed by atoms with Gasteiger partial charge in [-0.2, -0.15) is 0 Å². The van der Waals surface area contributed by atoms with Crippen molar-refractivity contribution in [3.63, 3.8) is 0 Å². The first-order chi connectivity index (χ1) is 7.90. The van der Waals surface area contributed by atoms with Gasteiger partial charge in [-0.15, -0.1) is 0 Å². The number of hydrogen-bond donors (Lipinski definition) is 0. The lowest BCUT2D eigenvalue weighted by atomic mass is 10.2. The highest BCUT2D eigenvalue weighted by Crippen LogP contribution is 2.53. The summed E-state index contributed by atoms with van der Waals surface area (Å²) < 4.78 is 5.42. The van der Waals surface area contributed by atoms with E-state index in [0.29, 0.717) is 5.92 Å². The van der Waals surface area contributed by atoms with Crippen molar-refractivity contribution in [3.8, 4) is 0 Å². The van der Waals surface area contributed by atoms with E-state index in [4.69, 9.17) is 4.74 Å². The van der Waals surface area contributed by atoms with Gasteiger partial charge in [-0.25, -0.2) is 0 Å². The highest BCUT2D eigenvalue weighted by molar-refractivity contribution is 5.78. The summed E-state index contributed by atoms with van der Waals surface area (Å²) in [5.74, 6) is 0.440. The van der Waals surface area contributed by atoms with Crippen molar-refractivity contribution in [2.75, 3.05) is 0 Å². The van der Waals surface area contributed by atoms with Crippen molar-refractivity contribution < 1.29 is 9.53 Å². The van der Waals surface area contributed by atoms with E-state index in [9.17, 15) is 4.79 Å². The molecular weight excluding hydrogens is 214 g/mol. The number of ether oxygens (including phenoxy) is 1. The molecule has 0 saturated heterocycles. The summed E-state index contributed by atoms with van der Waals surface area (Å²) in [5, 5.41) is 0. The molecule has 92 valence electrons. The molecule has 0 aromatic carbocycles. The number of aromatic nitrogens is 1. The molecular formula is C14H19NO2. The molecule has 0 amide bonds. The zero-order valence-corrected chi connectivity index (χ0v) is 10.8. The fourth-order valence-electron chi connectivity index (χ4n) is 2.22. The predicted octanol–water partition coefficient (Wildman–Crippen LogP) is 2.77. The average molecular weight is 233 g/mol. The number of esters is 1. The number of nitrogens with zero attached hydrogens (tertiary/aromatic N) is 1. The van der Waals surface area contributed by atoms with Crippen LogP contribution in [0.5, 0.6) is 0 Å². The van der Waals surface area contributed by atoms with Gasteiger partial charge < -0.3 is 4.74 Å². The third kappa shape index (κ3) is 2.65. The SMILES string of the molecule is C[C@@H]1C(c2ccccn2)[C@@H]1C(=O)OC(C)(C)C. The van der Waals surface area contributed by atoms with E-state index in [2.05, 4.69) is 11.9 Å². The summed E-state index contributed by atoms with van der Waals surface area (Å²) in [7, 11) is 0. The molecule has 0 aliphatic heterocycles. The van der Waals surface area contributed by atoms with Crippen LogP contribution >= 0.6 is 0 Å². The molecule has 3 atom stereocenters. The van der Waals surface area contributed by atoms with Gasteiger partial charge in [0.2, 0.25) is 0 Å². The highest BCUT2D eigenvalue weighted by Gasteiger charge is 2.54. The van der Waals surface area contributed by atoms with Gasteiger partial charge in [-0.05, 0) is 38.8 Å². The molecule has 0 bridgehead atoms. The van der Waals surface area contributed by atoms with E-state index in [1.165, 1.54) is 0 Å². The van der Waals surface area contributed by atoms with Gasteiger partial charge in [0, 0.05) is 17.8 Å². The molecule has 0 radical (unpaired) electrons. The Labute approximate surface area is 102 Å². The van der Waals surface area contributed by atoms with Crippen LogP contribution in [0.15, 0.2) is 24.4 Å². The van der Waals surface area contributed by atoms with Gasteiger partial charge in [0.05, 0.1) is 5.92 Å². The Kier molecular flexibility index (Phi) is 2.94. The molecule has 1 aromatic heterocycles. The maximum absolute atomic E-state index is 12.0. The molecule has 3 nitrogen and oxygen atoms in total. The molecule has 1 aromatic rings. The number of pyridine rings is 1. The van der Waals surface area contributed by atoms with Crippen molar-refractivity contribution in [1.29, 1.82) is 0 Å². The van der Waals surface area contributed by atoms with Crippen LogP contribution in [0.3, 0.4) is 0 Å². The molecule has 0 spiro atoms. The van der Waals surface area contributed by atoms with Crippen molar-refractivity contribution in [3.05, 3.63) is 30.1 Å². The largest absolute Gasteiger partial charge is 0.460 e. The topological polar surface area (TPSA) is 39.2 Å². The van der Waals surface area contributed by atoms with E-state index in [-0.39, 0.29) is 17.8 Å². The highest BCUT2D eigenvalue weighted by atomic mass is 16.6. The van der Waals surface area contributed by atoms with Crippen LogP contribution in [0.25, 0.3) is 0 Å². The number of hydrogen-bond acceptors (Lipinski definition) is 3. The van der Waals surface area contributed by atoms with E-state index in [1.807, 2.05) is 39.0 Å². The van der Waals surface area contributed by atoms with Crippen LogP contribution in [-0.4, -0.2) is 16.6 Å². The van der Waals surface area contributed by atoms with E-state index in [1.54, 1.807) is 6.20 Å². The Bertz CT molecular complexity index is 408. The smallest absolute Gasteiger partial charge is 0.310 e. The van der Waals surface area contributed by atoms with Crippen LogP contribution in [-0.2, 0) is 9.53 Å². The molecule has 1 unspecified atom stereocenters. The van der Waals surface area contributed by atoms with Crippen LogP contribution in [0, 0.1) is 11.8 Å². The quantitative estimate of drug-likeness (QED) is 0.737. The summed E-state index contributed by atoms with van der Waals surface area (Å²) in [4.78, 5) is 16.3. The van der Waals surface area contributed by atoms with E-state index < -0.39 is 5.60 Å². The standard InChI is InChI=1S/C14H19NO2/c1-9-11(10-7-5-6-8-15-10)12(9)13(16)17-14(2,3)4/h5-9,11-12H,1-4H3/t9-,11?,12-/m1/s1. The predicted molar refractivity (Wildman–Crippen MR) is 65.5 cm³/mol. The van der Waals surface area contributed by atoms with E-state index in [0.717, 1.165) is 5.69 Å². The fraction of sp³-hybridized carbons (Fsp3) is 0.571. The van der Waals surface area contributed by atoms with Crippen LogP contribution < -0.4 is 0 Å². The van der Waals surface area contributed by atoms with E-state index >= 15 is 0 Å². The Balaban J connectivity index is 2.04. The third-order valence-corrected chi connectivity index (χ3v) is 3.09. The van der Waals surface area contributed by atoms with Crippen molar-refractivity contribution in [1.82, 2.24) is 4.98 Å².